The van der Waals surface area contributed by atoms with E-state index in [4.69, 9.17) is 34.2 Å². The Kier molecular flexibility index (Phi) is 20.0. The Hall–Kier alpha value is -1.70. The Bertz CT molecular complexity index is 1420. The number of aliphatic hydroxyl groups is 9. The topological polar surface area (TPSA) is 414 Å². The first-order chi connectivity index (χ1) is 27.1. The van der Waals surface area contributed by atoms with E-state index >= 15 is 0 Å². The van der Waals surface area contributed by atoms with Gasteiger partial charge in [-0.05, 0) is 14.0 Å². The molecule has 3 saturated heterocycles. The number of likely N-dealkylation sites (N-methyl/N-ethyl adjacent to an activating group) is 1. The van der Waals surface area contributed by atoms with E-state index in [9.17, 15) is 80.5 Å². The number of carbonyl (C=O) groups is 4. The molecule has 0 spiro atoms. The molecule has 25 nitrogen and oxygen atoms in total. The molecule has 0 aromatic heterocycles. The number of aliphatic carboxylic acids is 3. The Labute approximate surface area is 362 Å². The third-order valence-electron chi connectivity index (χ3n) is 10.7. The third kappa shape index (κ3) is 11.5. The zero-order valence-corrected chi connectivity index (χ0v) is 35.5. The van der Waals surface area contributed by atoms with E-state index in [2.05, 4.69) is 10.6 Å². The van der Waals surface area contributed by atoms with Gasteiger partial charge in [-0.2, -0.15) is 0 Å². The summed E-state index contributed by atoms with van der Waals surface area (Å²) in [6.07, 6.45) is -26.4. The summed E-state index contributed by atoms with van der Waals surface area (Å²) >= 11 is 0. The second-order valence-corrected chi connectivity index (χ2v) is 14.6. The van der Waals surface area contributed by atoms with E-state index < -0.39 is 171 Å². The number of rotatable bonds is 20. The molecule has 15 N–H and O–H groups in total. The van der Waals surface area contributed by atoms with Gasteiger partial charge in [0.15, 0.2) is 5.60 Å². The van der Waals surface area contributed by atoms with Crippen LogP contribution in [-0.2, 0) is 80.3 Å². The first-order valence-corrected chi connectivity index (χ1v) is 18.3. The maximum Gasteiger partial charge on any atom is 0.364 e. The van der Waals surface area contributed by atoms with Gasteiger partial charge in [0, 0.05) is 71.6 Å². The molecule has 12 unspecified atom stereocenters. The Balaban J connectivity index is 0.0000120. The first kappa shape index (κ1) is 53.4. The second kappa shape index (κ2) is 22.1. The molecule has 3 rings (SSSR count). The Morgan fingerprint density at radius 1 is 0.712 bits per heavy atom. The van der Waals surface area contributed by atoms with Gasteiger partial charge in [-0.15, -0.1) is 0 Å². The Morgan fingerprint density at radius 2 is 1.14 bits per heavy atom. The normalized spacial score (nSPS) is 38.1. The minimum atomic E-state index is -3.16. The van der Waals surface area contributed by atoms with Crippen molar-refractivity contribution >= 4 is 23.8 Å². The molecule has 3 aliphatic rings. The van der Waals surface area contributed by atoms with E-state index in [-0.39, 0.29) is 39.1 Å². The number of nitrogens with one attached hydrogen (secondary N) is 3. The van der Waals surface area contributed by atoms with Crippen LogP contribution in [0.1, 0.15) is 39.5 Å². The van der Waals surface area contributed by atoms with Crippen LogP contribution in [0.25, 0.3) is 5.73 Å². The van der Waals surface area contributed by atoms with Crippen molar-refractivity contribution in [3.63, 3.8) is 0 Å². The molecule has 3 aliphatic heterocycles. The van der Waals surface area contributed by atoms with Gasteiger partial charge in [0.2, 0.25) is 5.91 Å². The summed E-state index contributed by atoms with van der Waals surface area (Å²) in [4.78, 5) is 50.0. The average molecular weight is 936 g/mol. The van der Waals surface area contributed by atoms with Crippen LogP contribution in [0.15, 0.2) is 0 Å². The fourth-order valence-electron chi connectivity index (χ4n) is 7.30. The van der Waals surface area contributed by atoms with Crippen molar-refractivity contribution in [2.24, 2.45) is 0 Å². The predicted octanol–water partition coefficient (Wildman–Crippen LogP) is -6.41. The quantitative estimate of drug-likeness (QED) is 0.0540. The van der Waals surface area contributed by atoms with Crippen molar-refractivity contribution in [2.45, 2.75) is 148 Å². The van der Waals surface area contributed by atoms with E-state index in [1.54, 1.807) is 0 Å². The molecule has 3 fully saturated rings. The zero-order valence-electron chi connectivity index (χ0n) is 32.6. The number of hydrogen-bond acceptors (Lipinski definition) is 20. The van der Waals surface area contributed by atoms with Crippen LogP contribution < -0.4 is 10.6 Å². The number of methoxy groups -OCH3 is 1. The molecule has 0 bridgehead atoms. The SMILES string of the molecule is CCC(=O)NC1C(O)CC(O[C@H](CO)[C@@H](O)C2OC(O[C@H](CO)[C@@H](O)C3OC(C)(C(=O)O)CC(O)C3NC)(C(=O)O)CC(O)C2[NH-])(C(=O)O)OC1[C@H](O)[C@@H](CO)OC.[Y]. The number of amides is 1. The summed E-state index contributed by atoms with van der Waals surface area (Å²) in [7, 11) is 2.41. The van der Waals surface area contributed by atoms with Crippen LogP contribution in [0, 0.1) is 0 Å². The van der Waals surface area contributed by atoms with Crippen molar-refractivity contribution in [1.29, 1.82) is 0 Å². The summed E-state index contributed by atoms with van der Waals surface area (Å²) in [5, 5.41) is 133. The van der Waals surface area contributed by atoms with Gasteiger partial charge in [0.05, 0.1) is 50.2 Å². The molecule has 18 atom stereocenters. The van der Waals surface area contributed by atoms with Gasteiger partial charge in [0.1, 0.15) is 48.8 Å². The van der Waals surface area contributed by atoms with Crippen LogP contribution in [0.3, 0.4) is 0 Å². The van der Waals surface area contributed by atoms with Gasteiger partial charge in [-0.1, -0.05) is 13.0 Å². The summed E-state index contributed by atoms with van der Waals surface area (Å²) in [6.45, 7) is -0.872. The molecular weight excluding hydrogens is 879 g/mol. The summed E-state index contributed by atoms with van der Waals surface area (Å²) < 4.78 is 33.0. The number of carboxylic acids is 3. The standard InChI is InChI=1S/C33H56N3O22.Y/c1-5-18(43)36-21-14(42)8-33(30(51)52,58-27(21)22(44)15(9-37)53-4)54-16(10-38)23(45)25-19(34)12(40)7-32(57-25,29(49)50)55-17(11-39)24(46)26-20(35-3)13(41)6-31(2,56-26)28(47)48;/h12-17,19-27,34-35,37-42,44-46H,5-11H2,1-4H3,(H,36,43)(H,47,48)(H,49,50)(H,51,52);/q-1;/t12?,13?,14?,15-,16-,17-,19?,20?,21?,22-,23-,24-,25?,26?,27?,31?,32?,33?;/m1./s1. The van der Waals surface area contributed by atoms with E-state index in [0.29, 0.717) is 0 Å². The van der Waals surface area contributed by atoms with E-state index in [1.165, 1.54) is 14.0 Å². The number of carbonyl (C=O) groups excluding carboxylic acids is 1. The third-order valence-corrected chi connectivity index (χ3v) is 10.7. The first-order valence-electron chi connectivity index (χ1n) is 18.3. The molecule has 1 radical (unpaired) electrons. The fraction of sp³-hybridized carbons (Fsp3) is 0.879. The average Bonchev–Trinajstić information content (AvgIpc) is 3.17. The van der Waals surface area contributed by atoms with Crippen LogP contribution >= 0.6 is 0 Å². The van der Waals surface area contributed by atoms with Crippen LogP contribution in [0.5, 0.6) is 0 Å². The molecule has 0 aromatic carbocycles. The predicted molar refractivity (Wildman–Crippen MR) is 186 cm³/mol. The second-order valence-electron chi connectivity index (χ2n) is 14.6. The number of carboxylic acid groups (broad SMARTS) is 3. The minimum Gasteiger partial charge on any atom is -0.670 e. The molecule has 0 aliphatic carbocycles. The van der Waals surface area contributed by atoms with Gasteiger partial charge in [-0.3, -0.25) is 4.79 Å². The number of hydrogen-bond donors (Lipinski definition) is 14. The molecule has 26 heteroatoms. The molecule has 1 amide bonds. The van der Waals surface area contributed by atoms with Gasteiger partial charge in [-0.25, -0.2) is 14.4 Å². The zero-order chi connectivity index (χ0) is 44.1. The van der Waals surface area contributed by atoms with Gasteiger partial charge in [0.25, 0.3) is 11.6 Å². The van der Waals surface area contributed by atoms with Crippen molar-refractivity contribution in [3.8, 4) is 0 Å². The molecule has 3 heterocycles. The largest absolute Gasteiger partial charge is 0.670 e. The van der Waals surface area contributed by atoms with Crippen molar-refractivity contribution in [2.75, 3.05) is 34.0 Å². The molecule has 59 heavy (non-hydrogen) atoms. The van der Waals surface area contributed by atoms with E-state index in [1.807, 2.05) is 0 Å². The molecule has 0 saturated carbocycles. The molecule has 339 valence electrons. The summed E-state index contributed by atoms with van der Waals surface area (Å²) in [5.74, 6) is -12.5. The van der Waals surface area contributed by atoms with Gasteiger partial charge < -0.3 is 106 Å². The molecule has 0 aromatic rings. The Morgan fingerprint density at radius 3 is 1.56 bits per heavy atom. The maximum absolute atomic E-state index is 12.9. The maximum atomic E-state index is 12.9. The van der Waals surface area contributed by atoms with Crippen molar-refractivity contribution in [3.05, 3.63) is 5.73 Å². The van der Waals surface area contributed by atoms with E-state index in [0.717, 1.165) is 14.0 Å². The fourth-order valence-corrected chi connectivity index (χ4v) is 7.30. The van der Waals surface area contributed by atoms with Gasteiger partial charge >= 0.3 is 17.9 Å². The van der Waals surface area contributed by atoms with Crippen LogP contribution in [0.2, 0.25) is 0 Å². The number of aliphatic hydroxyl groups excluding tert-OH is 9. The smallest absolute Gasteiger partial charge is 0.364 e. The van der Waals surface area contributed by atoms with Crippen LogP contribution in [-0.4, -0.2) is 228 Å². The van der Waals surface area contributed by atoms with Crippen molar-refractivity contribution in [1.82, 2.24) is 10.6 Å². The van der Waals surface area contributed by atoms with Crippen LogP contribution in [0.4, 0.5) is 0 Å². The molecular formula is C33H56N3O22Y-. The summed E-state index contributed by atoms with van der Waals surface area (Å²) in [5.41, 5.74) is 6.45. The monoisotopic (exact) mass is 935 g/mol. The van der Waals surface area contributed by atoms with Crippen molar-refractivity contribution < 1.29 is 142 Å². The summed E-state index contributed by atoms with van der Waals surface area (Å²) in [6, 6.07) is -4.75. The number of ether oxygens (including phenoxy) is 6. The minimum absolute atomic E-state index is 0.